The summed E-state index contributed by atoms with van der Waals surface area (Å²) >= 11 is 12.0. The van der Waals surface area contributed by atoms with Crippen molar-refractivity contribution >= 4 is 40.4 Å². The number of aldehydes is 1. The van der Waals surface area contributed by atoms with Gasteiger partial charge in [-0.15, -0.1) is 0 Å². The number of carbonyl (C=O) groups excluding carboxylic acids is 1. The minimum absolute atomic E-state index is 0.0851. The number of nitrogens with one attached hydrogen (secondary N) is 1. The maximum absolute atomic E-state index is 13.9. The molecule has 0 saturated heterocycles. The number of benzene rings is 2. The van der Waals surface area contributed by atoms with Crippen LogP contribution in [0.4, 0.5) is 8.78 Å². The molecule has 2 aromatic carbocycles. The molecule has 6 heteroatoms. The van der Waals surface area contributed by atoms with Gasteiger partial charge in [-0.2, -0.15) is 0 Å². The third kappa shape index (κ3) is 2.30. The molecule has 106 valence electrons. The van der Waals surface area contributed by atoms with Crippen molar-refractivity contribution in [2.75, 3.05) is 0 Å². The van der Waals surface area contributed by atoms with Crippen LogP contribution >= 0.6 is 23.2 Å². The van der Waals surface area contributed by atoms with Gasteiger partial charge < -0.3 is 4.98 Å². The second-order valence-electron chi connectivity index (χ2n) is 4.47. The molecule has 0 saturated carbocycles. The fraction of sp³-hybridized carbons (Fsp3) is 0. The van der Waals surface area contributed by atoms with Crippen molar-refractivity contribution < 1.29 is 13.6 Å². The van der Waals surface area contributed by atoms with Crippen LogP contribution in [-0.4, -0.2) is 11.3 Å². The van der Waals surface area contributed by atoms with Crippen molar-refractivity contribution in [3.63, 3.8) is 0 Å². The van der Waals surface area contributed by atoms with E-state index in [1.165, 1.54) is 12.1 Å². The number of fused-ring (bicyclic) bond motifs is 1. The zero-order chi connectivity index (χ0) is 15.1. The SMILES string of the molecule is O=Cc1c(-c2ccc(F)cc2F)[nH]c2cc(Cl)cc(Cl)c12. The average Bonchev–Trinajstić information content (AvgIpc) is 2.76. The van der Waals surface area contributed by atoms with Crippen LogP contribution in [-0.2, 0) is 0 Å². The first-order valence-electron chi connectivity index (χ1n) is 5.92. The summed E-state index contributed by atoms with van der Waals surface area (Å²) in [6.07, 6.45) is 0.580. The summed E-state index contributed by atoms with van der Waals surface area (Å²) in [5.41, 5.74) is 1.04. The second kappa shape index (κ2) is 5.13. The van der Waals surface area contributed by atoms with E-state index in [1.54, 1.807) is 6.07 Å². The van der Waals surface area contributed by atoms with Crippen LogP contribution in [0.25, 0.3) is 22.2 Å². The second-order valence-corrected chi connectivity index (χ2v) is 5.31. The van der Waals surface area contributed by atoms with Gasteiger partial charge >= 0.3 is 0 Å². The molecule has 0 bridgehead atoms. The molecule has 0 aliphatic carbocycles. The van der Waals surface area contributed by atoms with E-state index in [4.69, 9.17) is 23.2 Å². The normalized spacial score (nSPS) is 11.0. The van der Waals surface area contributed by atoms with E-state index >= 15 is 0 Å². The van der Waals surface area contributed by atoms with Crippen LogP contribution in [0.1, 0.15) is 10.4 Å². The van der Waals surface area contributed by atoms with Crippen molar-refractivity contribution in [3.8, 4) is 11.3 Å². The number of aromatic amines is 1. The highest BCUT2D eigenvalue weighted by molar-refractivity contribution is 6.39. The molecule has 3 aromatic rings. The Morgan fingerprint density at radius 2 is 1.86 bits per heavy atom. The van der Waals surface area contributed by atoms with Gasteiger partial charge in [-0.1, -0.05) is 23.2 Å². The summed E-state index contributed by atoms with van der Waals surface area (Å²) in [5.74, 6) is -1.46. The zero-order valence-corrected chi connectivity index (χ0v) is 11.9. The minimum atomic E-state index is -0.771. The molecule has 1 heterocycles. The van der Waals surface area contributed by atoms with Crippen molar-refractivity contribution in [2.45, 2.75) is 0 Å². The zero-order valence-electron chi connectivity index (χ0n) is 10.4. The monoisotopic (exact) mass is 325 g/mol. The number of carbonyl (C=O) groups is 1. The lowest BCUT2D eigenvalue weighted by Gasteiger charge is -2.02. The minimum Gasteiger partial charge on any atom is -0.354 e. The molecule has 1 aromatic heterocycles. The number of hydrogen-bond donors (Lipinski definition) is 1. The number of halogens is 4. The van der Waals surface area contributed by atoms with Gasteiger partial charge in [0.15, 0.2) is 6.29 Å². The van der Waals surface area contributed by atoms with Gasteiger partial charge in [-0.3, -0.25) is 4.79 Å². The van der Waals surface area contributed by atoms with Gasteiger partial charge in [0.05, 0.1) is 10.7 Å². The van der Waals surface area contributed by atoms with Gasteiger partial charge in [0.1, 0.15) is 11.6 Å². The highest BCUT2D eigenvalue weighted by Crippen LogP contribution is 2.36. The Labute approximate surface area is 128 Å². The molecule has 2 nitrogen and oxygen atoms in total. The Morgan fingerprint density at radius 1 is 1.10 bits per heavy atom. The topological polar surface area (TPSA) is 32.9 Å². The Bertz CT molecular complexity index is 874. The molecule has 0 unspecified atom stereocenters. The fourth-order valence-electron chi connectivity index (χ4n) is 2.30. The van der Waals surface area contributed by atoms with Crippen LogP contribution in [0.5, 0.6) is 0 Å². The van der Waals surface area contributed by atoms with E-state index < -0.39 is 11.6 Å². The lowest BCUT2D eigenvalue weighted by molar-refractivity contribution is 0.112. The summed E-state index contributed by atoms with van der Waals surface area (Å²) < 4.78 is 26.9. The van der Waals surface area contributed by atoms with E-state index in [1.807, 2.05) is 0 Å². The molecule has 0 amide bonds. The Hall–Kier alpha value is -1.91. The molecule has 3 rings (SSSR count). The van der Waals surface area contributed by atoms with Crippen LogP contribution in [0.3, 0.4) is 0 Å². The predicted octanol–water partition coefficient (Wildman–Crippen LogP) is 5.23. The Balaban J connectivity index is 2.37. The van der Waals surface area contributed by atoms with Gasteiger partial charge in [0, 0.05) is 33.1 Å². The Morgan fingerprint density at radius 3 is 2.52 bits per heavy atom. The van der Waals surface area contributed by atoms with Crippen LogP contribution in [0.15, 0.2) is 30.3 Å². The molecular weight excluding hydrogens is 319 g/mol. The number of rotatable bonds is 2. The van der Waals surface area contributed by atoms with Crippen molar-refractivity contribution in [2.24, 2.45) is 0 Å². The maximum atomic E-state index is 13.9. The first-order valence-corrected chi connectivity index (χ1v) is 6.68. The van der Waals surface area contributed by atoms with E-state index in [-0.39, 0.29) is 21.8 Å². The molecule has 1 N–H and O–H groups in total. The third-order valence-electron chi connectivity index (χ3n) is 3.17. The molecule has 0 atom stereocenters. The first kappa shape index (κ1) is 14.0. The summed E-state index contributed by atoms with van der Waals surface area (Å²) in [7, 11) is 0. The summed E-state index contributed by atoms with van der Waals surface area (Å²) in [6, 6.07) is 6.22. The van der Waals surface area contributed by atoms with Gasteiger partial charge in [-0.25, -0.2) is 8.78 Å². The largest absolute Gasteiger partial charge is 0.354 e. The van der Waals surface area contributed by atoms with E-state index in [9.17, 15) is 13.6 Å². The van der Waals surface area contributed by atoms with Crippen LogP contribution in [0.2, 0.25) is 10.0 Å². The Kier molecular flexibility index (Phi) is 3.43. The standard InChI is InChI=1S/C15H7Cl2F2NO/c16-7-3-11(17)14-10(6-21)15(20-13(14)4-7)9-2-1-8(18)5-12(9)19/h1-6,20H. The summed E-state index contributed by atoms with van der Waals surface area (Å²) in [6.45, 7) is 0. The molecule has 0 aliphatic heterocycles. The molecular formula is C15H7Cl2F2NO. The van der Waals surface area contributed by atoms with E-state index in [0.717, 1.165) is 12.1 Å². The molecule has 0 spiro atoms. The van der Waals surface area contributed by atoms with Crippen molar-refractivity contribution in [1.82, 2.24) is 4.98 Å². The fourth-order valence-corrected chi connectivity index (χ4v) is 2.89. The highest BCUT2D eigenvalue weighted by Gasteiger charge is 2.18. The molecule has 0 aliphatic rings. The quantitative estimate of drug-likeness (QED) is 0.643. The highest BCUT2D eigenvalue weighted by atomic mass is 35.5. The molecule has 0 fully saturated rings. The van der Waals surface area contributed by atoms with Gasteiger partial charge in [-0.05, 0) is 24.3 Å². The van der Waals surface area contributed by atoms with E-state index in [0.29, 0.717) is 22.2 Å². The first-order chi connectivity index (χ1) is 10.0. The van der Waals surface area contributed by atoms with Crippen LogP contribution < -0.4 is 0 Å². The molecule has 0 radical (unpaired) electrons. The van der Waals surface area contributed by atoms with Crippen molar-refractivity contribution in [3.05, 3.63) is 57.6 Å². The number of aromatic nitrogens is 1. The lowest BCUT2D eigenvalue weighted by Crippen LogP contribution is -1.90. The van der Waals surface area contributed by atoms with Crippen LogP contribution in [0, 0.1) is 11.6 Å². The summed E-state index contributed by atoms with van der Waals surface area (Å²) in [5, 5.41) is 1.12. The maximum Gasteiger partial charge on any atom is 0.152 e. The third-order valence-corrected chi connectivity index (χ3v) is 3.69. The average molecular weight is 326 g/mol. The number of hydrogen-bond acceptors (Lipinski definition) is 1. The van der Waals surface area contributed by atoms with Crippen molar-refractivity contribution in [1.29, 1.82) is 0 Å². The lowest BCUT2D eigenvalue weighted by atomic mass is 10.1. The number of H-pyrrole nitrogens is 1. The molecule has 21 heavy (non-hydrogen) atoms. The smallest absolute Gasteiger partial charge is 0.152 e. The van der Waals surface area contributed by atoms with E-state index in [2.05, 4.69) is 4.98 Å². The predicted molar refractivity (Wildman–Crippen MR) is 79.1 cm³/mol. The summed E-state index contributed by atoms with van der Waals surface area (Å²) in [4.78, 5) is 14.3. The van der Waals surface area contributed by atoms with Gasteiger partial charge in [0.25, 0.3) is 0 Å². The van der Waals surface area contributed by atoms with Gasteiger partial charge in [0.2, 0.25) is 0 Å².